The first-order chi connectivity index (χ1) is 12.2. The normalized spacial score (nSPS) is 25.6. The smallest absolute Gasteiger partial charge is 0.312 e. The number of nitrogens with zero attached hydrogens (tertiary/aromatic N) is 1. The summed E-state index contributed by atoms with van der Waals surface area (Å²) in [6, 6.07) is 3.51. The van der Waals surface area contributed by atoms with Crippen molar-refractivity contribution in [2.45, 2.75) is 32.2 Å². The van der Waals surface area contributed by atoms with E-state index in [0.717, 1.165) is 6.07 Å². The van der Waals surface area contributed by atoms with Gasteiger partial charge in [-0.05, 0) is 31.9 Å². The molecule has 3 atom stereocenters. The standard InChI is InChI=1S/C18H19ClF2N2O3/c1-9-11(8-22)14(10-4-5-12(20)16(21)15(10)19)18(2,17(24)25)13(23-9)6-7-26-3/h4-5,13-14,23H,6-7H2,1-3H3,(H,24,25). The van der Waals surface area contributed by atoms with E-state index in [4.69, 9.17) is 16.3 Å². The fourth-order valence-corrected chi connectivity index (χ4v) is 3.74. The lowest BCUT2D eigenvalue weighted by Crippen LogP contribution is -2.55. The quantitative estimate of drug-likeness (QED) is 0.758. The van der Waals surface area contributed by atoms with Crippen LogP contribution in [0.3, 0.4) is 0 Å². The Balaban J connectivity index is 2.75. The third-order valence-corrected chi connectivity index (χ3v) is 5.36. The summed E-state index contributed by atoms with van der Waals surface area (Å²) in [6.07, 6.45) is 0.340. The van der Waals surface area contributed by atoms with Crippen LogP contribution in [0.2, 0.25) is 5.02 Å². The van der Waals surface area contributed by atoms with Gasteiger partial charge in [0, 0.05) is 31.4 Å². The summed E-state index contributed by atoms with van der Waals surface area (Å²) in [4.78, 5) is 12.2. The molecule has 26 heavy (non-hydrogen) atoms. The number of ether oxygens (including phenoxy) is 1. The van der Waals surface area contributed by atoms with Crippen LogP contribution in [0, 0.1) is 28.4 Å². The fraction of sp³-hybridized carbons (Fsp3) is 0.444. The van der Waals surface area contributed by atoms with Gasteiger partial charge in [0.25, 0.3) is 0 Å². The number of benzene rings is 1. The zero-order valence-electron chi connectivity index (χ0n) is 14.6. The van der Waals surface area contributed by atoms with Gasteiger partial charge in [0.05, 0.1) is 22.1 Å². The number of methoxy groups -OCH3 is 1. The van der Waals surface area contributed by atoms with E-state index >= 15 is 0 Å². The molecule has 0 aliphatic carbocycles. The fourth-order valence-electron chi connectivity index (χ4n) is 3.48. The highest BCUT2D eigenvalue weighted by molar-refractivity contribution is 6.31. The monoisotopic (exact) mass is 384 g/mol. The Labute approximate surface area is 155 Å². The first kappa shape index (κ1) is 20.1. The van der Waals surface area contributed by atoms with Gasteiger partial charge in [-0.25, -0.2) is 8.78 Å². The van der Waals surface area contributed by atoms with Gasteiger partial charge in [0.2, 0.25) is 0 Å². The zero-order chi connectivity index (χ0) is 19.6. The second-order valence-electron chi connectivity index (χ2n) is 6.41. The maximum absolute atomic E-state index is 14.0. The summed E-state index contributed by atoms with van der Waals surface area (Å²) in [5, 5.41) is 22.1. The number of hydrogen-bond acceptors (Lipinski definition) is 4. The first-order valence-electron chi connectivity index (χ1n) is 7.93. The molecule has 3 unspecified atom stereocenters. The lowest BCUT2D eigenvalue weighted by molar-refractivity contribution is -0.151. The molecule has 0 radical (unpaired) electrons. The molecule has 1 aromatic rings. The van der Waals surface area contributed by atoms with Gasteiger partial charge >= 0.3 is 5.97 Å². The predicted octanol–water partition coefficient (Wildman–Crippen LogP) is 3.60. The molecule has 0 saturated heterocycles. The molecule has 1 heterocycles. The van der Waals surface area contributed by atoms with Crippen LogP contribution in [-0.2, 0) is 9.53 Å². The van der Waals surface area contributed by atoms with E-state index in [2.05, 4.69) is 5.32 Å². The number of hydrogen-bond donors (Lipinski definition) is 2. The molecule has 0 aromatic heterocycles. The molecular formula is C18H19ClF2N2O3. The van der Waals surface area contributed by atoms with Crippen molar-refractivity contribution in [1.29, 1.82) is 5.26 Å². The van der Waals surface area contributed by atoms with E-state index in [-0.39, 0.29) is 17.7 Å². The van der Waals surface area contributed by atoms with Crippen molar-refractivity contribution in [1.82, 2.24) is 5.32 Å². The van der Waals surface area contributed by atoms with E-state index in [1.165, 1.54) is 20.1 Å². The highest BCUT2D eigenvalue weighted by atomic mass is 35.5. The minimum absolute atomic E-state index is 0.0651. The zero-order valence-corrected chi connectivity index (χ0v) is 15.3. The molecule has 2 rings (SSSR count). The minimum Gasteiger partial charge on any atom is -0.481 e. The summed E-state index contributed by atoms with van der Waals surface area (Å²) in [5.74, 6) is -4.63. The van der Waals surface area contributed by atoms with Crippen molar-refractivity contribution >= 4 is 17.6 Å². The molecule has 0 fully saturated rings. The summed E-state index contributed by atoms with van der Waals surface area (Å²) in [6.45, 7) is 3.39. The maximum Gasteiger partial charge on any atom is 0.312 e. The molecule has 0 saturated carbocycles. The SMILES string of the molecule is COCCC1NC(C)=C(C#N)C(c2ccc(F)c(F)c2Cl)C1(C)C(=O)O. The van der Waals surface area contributed by atoms with Crippen molar-refractivity contribution in [3.05, 3.63) is 45.6 Å². The number of carboxylic acid groups (broad SMARTS) is 1. The number of rotatable bonds is 5. The van der Waals surface area contributed by atoms with E-state index in [1.807, 2.05) is 6.07 Å². The van der Waals surface area contributed by atoms with Crippen molar-refractivity contribution in [2.24, 2.45) is 5.41 Å². The van der Waals surface area contributed by atoms with Crippen molar-refractivity contribution in [3.63, 3.8) is 0 Å². The van der Waals surface area contributed by atoms with Crippen LogP contribution >= 0.6 is 11.6 Å². The second-order valence-corrected chi connectivity index (χ2v) is 6.79. The van der Waals surface area contributed by atoms with Gasteiger partial charge in [-0.3, -0.25) is 4.79 Å². The summed E-state index contributed by atoms with van der Waals surface area (Å²) >= 11 is 6.00. The third-order valence-electron chi connectivity index (χ3n) is 4.97. The largest absolute Gasteiger partial charge is 0.481 e. The minimum atomic E-state index is -1.53. The van der Waals surface area contributed by atoms with E-state index < -0.39 is 40.0 Å². The molecule has 2 N–H and O–H groups in total. The maximum atomic E-state index is 14.0. The van der Waals surface area contributed by atoms with Crippen LogP contribution in [0.25, 0.3) is 0 Å². The Kier molecular flexibility index (Phi) is 5.89. The molecule has 1 aliphatic rings. The van der Waals surface area contributed by atoms with Gasteiger partial charge in [-0.15, -0.1) is 0 Å². The Hall–Kier alpha value is -2.17. The number of allylic oxidation sites excluding steroid dienone is 2. The predicted molar refractivity (Wildman–Crippen MR) is 91.6 cm³/mol. The van der Waals surface area contributed by atoms with Crippen LogP contribution in [0.1, 0.15) is 31.7 Å². The second kappa shape index (κ2) is 7.60. The van der Waals surface area contributed by atoms with Crippen molar-refractivity contribution in [2.75, 3.05) is 13.7 Å². The number of nitrogens with one attached hydrogen (secondary N) is 1. The molecule has 140 valence electrons. The highest BCUT2D eigenvalue weighted by Crippen LogP contribution is 2.50. The van der Waals surface area contributed by atoms with Crippen molar-refractivity contribution < 1.29 is 23.4 Å². The van der Waals surface area contributed by atoms with Crippen LogP contribution in [0.4, 0.5) is 8.78 Å². The molecule has 0 bridgehead atoms. The molecule has 1 aliphatic heterocycles. The molecule has 0 spiro atoms. The van der Waals surface area contributed by atoms with Crippen LogP contribution in [-0.4, -0.2) is 30.8 Å². The number of halogens is 3. The Morgan fingerprint density at radius 3 is 2.69 bits per heavy atom. The van der Waals surface area contributed by atoms with E-state index in [0.29, 0.717) is 12.1 Å². The third kappa shape index (κ3) is 3.15. The lowest BCUT2D eigenvalue weighted by Gasteiger charge is -2.45. The Morgan fingerprint density at radius 2 is 2.15 bits per heavy atom. The number of carboxylic acids is 1. The topological polar surface area (TPSA) is 82.3 Å². The molecule has 8 heteroatoms. The van der Waals surface area contributed by atoms with Gasteiger partial charge in [-0.2, -0.15) is 5.26 Å². The first-order valence-corrected chi connectivity index (χ1v) is 8.31. The lowest BCUT2D eigenvalue weighted by atomic mass is 9.62. The highest BCUT2D eigenvalue weighted by Gasteiger charge is 2.53. The van der Waals surface area contributed by atoms with E-state index in [1.54, 1.807) is 6.92 Å². The Morgan fingerprint density at radius 1 is 1.50 bits per heavy atom. The summed E-state index contributed by atoms with van der Waals surface area (Å²) in [7, 11) is 1.49. The van der Waals surface area contributed by atoms with Gasteiger partial charge in [0.15, 0.2) is 11.6 Å². The number of carbonyl (C=O) groups is 1. The van der Waals surface area contributed by atoms with Crippen LogP contribution in [0.5, 0.6) is 0 Å². The van der Waals surface area contributed by atoms with Gasteiger partial charge in [0.1, 0.15) is 0 Å². The summed E-state index contributed by atoms with van der Waals surface area (Å²) < 4.78 is 32.6. The van der Waals surface area contributed by atoms with Crippen molar-refractivity contribution in [3.8, 4) is 6.07 Å². The van der Waals surface area contributed by atoms with E-state index in [9.17, 15) is 23.9 Å². The molecule has 0 amide bonds. The van der Waals surface area contributed by atoms with Crippen LogP contribution in [0.15, 0.2) is 23.4 Å². The van der Waals surface area contributed by atoms with Gasteiger partial charge in [-0.1, -0.05) is 17.7 Å². The molecular weight excluding hydrogens is 366 g/mol. The molecule has 5 nitrogen and oxygen atoms in total. The average molecular weight is 385 g/mol. The average Bonchev–Trinajstić information content (AvgIpc) is 2.60. The summed E-state index contributed by atoms with van der Waals surface area (Å²) in [5.41, 5.74) is -0.873. The molecule has 1 aromatic carbocycles. The van der Waals surface area contributed by atoms with Gasteiger partial charge < -0.3 is 15.2 Å². The Bertz CT molecular complexity index is 806. The van der Waals surface area contributed by atoms with Crippen LogP contribution < -0.4 is 5.32 Å². The number of aliphatic carboxylic acids is 1. The number of nitriles is 1.